The van der Waals surface area contributed by atoms with Crippen molar-refractivity contribution in [3.05, 3.63) is 65.7 Å². The van der Waals surface area contributed by atoms with Crippen LogP contribution in [0.15, 0.2) is 54.6 Å². The first-order valence-corrected chi connectivity index (χ1v) is 9.31. The molecular formula is C22H28N2O3. The quantitative estimate of drug-likeness (QED) is 0.695. The van der Waals surface area contributed by atoms with Crippen molar-refractivity contribution in [2.24, 2.45) is 5.41 Å². The smallest absolute Gasteiger partial charge is 0.407 e. The zero-order chi connectivity index (χ0) is 19.8. The second-order valence-corrected chi connectivity index (χ2v) is 8.45. The van der Waals surface area contributed by atoms with Gasteiger partial charge in [-0.3, -0.25) is 4.90 Å². The van der Waals surface area contributed by atoms with Gasteiger partial charge in [0.15, 0.2) is 0 Å². The molecule has 0 aromatic heterocycles. The highest BCUT2D eigenvalue weighted by Gasteiger charge is 2.54. The van der Waals surface area contributed by atoms with Gasteiger partial charge < -0.3 is 15.9 Å². The Hall–Kier alpha value is -2.53. The number of nitrogens with zero attached hydrogens (tertiary/aromatic N) is 1. The van der Waals surface area contributed by atoms with Gasteiger partial charge in [-0.05, 0) is 41.5 Å². The molecular weight excluding hydrogens is 340 g/mol. The summed E-state index contributed by atoms with van der Waals surface area (Å²) in [7, 11) is 0. The monoisotopic (exact) mass is 368 g/mol. The molecule has 1 saturated carbocycles. The lowest BCUT2D eigenvalue weighted by Crippen LogP contribution is -2.60. The Bertz CT molecular complexity index is 812. The van der Waals surface area contributed by atoms with Crippen molar-refractivity contribution in [3.63, 3.8) is 0 Å². The molecule has 5 heteroatoms. The van der Waals surface area contributed by atoms with E-state index in [4.69, 9.17) is 5.73 Å². The number of benzene rings is 2. The van der Waals surface area contributed by atoms with Gasteiger partial charge in [0.05, 0.1) is 6.04 Å². The lowest BCUT2D eigenvalue weighted by Gasteiger charge is -2.49. The molecule has 4 N–H and O–H groups in total. The van der Waals surface area contributed by atoms with E-state index < -0.39 is 23.2 Å². The lowest BCUT2D eigenvalue weighted by atomic mass is 9.69. The van der Waals surface area contributed by atoms with Crippen LogP contribution >= 0.6 is 0 Å². The van der Waals surface area contributed by atoms with E-state index in [2.05, 4.69) is 0 Å². The van der Waals surface area contributed by atoms with Gasteiger partial charge in [0, 0.05) is 11.7 Å². The molecule has 1 aliphatic rings. The number of hydrogen-bond acceptors (Lipinski definition) is 3. The predicted molar refractivity (Wildman–Crippen MR) is 106 cm³/mol. The zero-order valence-electron chi connectivity index (χ0n) is 16.1. The fourth-order valence-corrected chi connectivity index (χ4v) is 4.03. The second kappa shape index (κ2) is 6.89. The molecule has 1 fully saturated rings. The highest BCUT2D eigenvalue weighted by atomic mass is 16.4. The third-order valence-electron chi connectivity index (χ3n) is 5.20. The summed E-state index contributed by atoms with van der Waals surface area (Å²) in [5, 5.41) is 22.2. The largest absolute Gasteiger partial charge is 0.465 e. The molecule has 1 aliphatic carbocycles. The first kappa shape index (κ1) is 19.2. The first-order valence-electron chi connectivity index (χ1n) is 9.31. The van der Waals surface area contributed by atoms with Crippen molar-refractivity contribution in [1.82, 2.24) is 4.90 Å². The van der Waals surface area contributed by atoms with Gasteiger partial charge in [0.2, 0.25) is 0 Å². The number of aliphatic hydroxyl groups is 1. The highest BCUT2D eigenvalue weighted by Crippen LogP contribution is 2.47. The van der Waals surface area contributed by atoms with Crippen LogP contribution in [0.1, 0.15) is 44.7 Å². The number of carboxylic acid groups (broad SMARTS) is 1. The van der Waals surface area contributed by atoms with Crippen molar-refractivity contribution < 1.29 is 15.0 Å². The minimum atomic E-state index is -1.53. The summed E-state index contributed by atoms with van der Waals surface area (Å²) >= 11 is 0. The van der Waals surface area contributed by atoms with Crippen molar-refractivity contribution in [2.75, 3.05) is 5.73 Å². The maximum absolute atomic E-state index is 12.2. The molecule has 2 aromatic rings. The van der Waals surface area contributed by atoms with E-state index in [1.807, 2.05) is 57.2 Å². The molecule has 5 nitrogen and oxygen atoms in total. The van der Waals surface area contributed by atoms with Crippen LogP contribution in [0.4, 0.5) is 10.5 Å². The SMILES string of the molecule is CC(C)(C)C(N(C(=O)O)C1CC1)C(O)(c1ccccc1)c1cccc(N)c1. The summed E-state index contributed by atoms with van der Waals surface area (Å²) in [4.78, 5) is 13.7. The van der Waals surface area contributed by atoms with Gasteiger partial charge in [-0.15, -0.1) is 0 Å². The Balaban J connectivity index is 2.28. The molecule has 3 rings (SSSR count). The normalized spacial score (nSPS) is 17.8. The summed E-state index contributed by atoms with van der Waals surface area (Å²) in [6.45, 7) is 5.91. The number of nitrogens with two attached hydrogens (primary N) is 1. The van der Waals surface area contributed by atoms with E-state index in [1.54, 1.807) is 18.2 Å². The number of carbonyl (C=O) groups is 1. The van der Waals surface area contributed by atoms with Crippen molar-refractivity contribution in [2.45, 2.75) is 51.3 Å². The predicted octanol–water partition coefficient (Wildman–Crippen LogP) is 4.06. The molecule has 1 amide bonds. The van der Waals surface area contributed by atoms with Crippen LogP contribution in [0, 0.1) is 5.41 Å². The van der Waals surface area contributed by atoms with Crippen LogP contribution in [0.2, 0.25) is 0 Å². The number of hydrogen-bond donors (Lipinski definition) is 3. The standard InChI is InChI=1S/C22H28N2O3/c1-21(2,3)19(24(20(25)26)18-12-13-18)22(27,15-8-5-4-6-9-15)16-10-7-11-17(23)14-16/h4-11,14,18-19,27H,12-13,23H2,1-3H3,(H,25,26). The summed E-state index contributed by atoms with van der Waals surface area (Å²) in [6, 6.07) is 15.6. The van der Waals surface area contributed by atoms with E-state index in [9.17, 15) is 15.0 Å². The number of anilines is 1. The fourth-order valence-electron chi connectivity index (χ4n) is 4.03. The Morgan fingerprint density at radius 1 is 1.07 bits per heavy atom. The summed E-state index contributed by atoms with van der Waals surface area (Å²) in [5.41, 5.74) is 5.74. The van der Waals surface area contributed by atoms with Crippen LogP contribution in [0.25, 0.3) is 0 Å². The van der Waals surface area contributed by atoms with Crippen LogP contribution in [-0.4, -0.2) is 33.3 Å². The van der Waals surface area contributed by atoms with Gasteiger partial charge in [-0.2, -0.15) is 0 Å². The maximum atomic E-state index is 12.2. The molecule has 2 aromatic carbocycles. The van der Waals surface area contributed by atoms with E-state index in [0.29, 0.717) is 16.8 Å². The summed E-state index contributed by atoms with van der Waals surface area (Å²) < 4.78 is 0. The fraction of sp³-hybridized carbons (Fsp3) is 0.409. The van der Waals surface area contributed by atoms with Crippen LogP contribution < -0.4 is 5.73 Å². The average molecular weight is 368 g/mol. The first-order chi connectivity index (χ1) is 12.7. The number of nitrogen functional groups attached to an aromatic ring is 1. The van der Waals surface area contributed by atoms with Crippen LogP contribution in [0.3, 0.4) is 0 Å². The zero-order valence-corrected chi connectivity index (χ0v) is 16.1. The van der Waals surface area contributed by atoms with Crippen LogP contribution in [-0.2, 0) is 5.60 Å². The average Bonchev–Trinajstić information content (AvgIpc) is 3.43. The maximum Gasteiger partial charge on any atom is 0.407 e. The summed E-state index contributed by atoms with van der Waals surface area (Å²) in [6.07, 6.45) is 0.636. The van der Waals surface area contributed by atoms with Gasteiger partial charge in [-0.25, -0.2) is 4.79 Å². The molecule has 0 spiro atoms. The number of rotatable bonds is 5. The van der Waals surface area contributed by atoms with Crippen molar-refractivity contribution in [1.29, 1.82) is 0 Å². The Morgan fingerprint density at radius 2 is 1.67 bits per heavy atom. The minimum Gasteiger partial charge on any atom is -0.465 e. The Kier molecular flexibility index (Phi) is 4.91. The van der Waals surface area contributed by atoms with Gasteiger partial charge in [0.1, 0.15) is 5.60 Å². The second-order valence-electron chi connectivity index (χ2n) is 8.45. The molecule has 2 atom stereocenters. The van der Waals surface area contributed by atoms with E-state index in [-0.39, 0.29) is 6.04 Å². The molecule has 0 saturated heterocycles. The minimum absolute atomic E-state index is 0.0666. The van der Waals surface area contributed by atoms with E-state index in [0.717, 1.165) is 12.8 Å². The Morgan fingerprint density at radius 3 is 2.15 bits per heavy atom. The molecule has 0 bridgehead atoms. The van der Waals surface area contributed by atoms with E-state index in [1.165, 1.54) is 4.90 Å². The molecule has 0 radical (unpaired) electrons. The van der Waals surface area contributed by atoms with Gasteiger partial charge in [0.25, 0.3) is 0 Å². The lowest BCUT2D eigenvalue weighted by molar-refractivity contribution is -0.0629. The van der Waals surface area contributed by atoms with Crippen molar-refractivity contribution in [3.8, 4) is 0 Å². The van der Waals surface area contributed by atoms with Crippen molar-refractivity contribution >= 4 is 11.8 Å². The molecule has 2 unspecified atom stereocenters. The molecule has 144 valence electrons. The topological polar surface area (TPSA) is 86.8 Å². The van der Waals surface area contributed by atoms with Gasteiger partial charge >= 0.3 is 6.09 Å². The Labute approximate surface area is 160 Å². The molecule has 0 heterocycles. The molecule has 0 aliphatic heterocycles. The third kappa shape index (κ3) is 3.65. The van der Waals surface area contributed by atoms with Gasteiger partial charge in [-0.1, -0.05) is 63.2 Å². The highest BCUT2D eigenvalue weighted by molar-refractivity contribution is 5.67. The van der Waals surface area contributed by atoms with Crippen LogP contribution in [0.5, 0.6) is 0 Å². The number of amides is 1. The third-order valence-corrected chi connectivity index (χ3v) is 5.20. The summed E-state index contributed by atoms with van der Waals surface area (Å²) in [5.74, 6) is 0. The van der Waals surface area contributed by atoms with E-state index >= 15 is 0 Å². The molecule has 27 heavy (non-hydrogen) atoms.